The number of aromatic nitrogens is 2. The van der Waals surface area contributed by atoms with Crippen LogP contribution in [0, 0.1) is 9.49 Å². The molecule has 0 bridgehead atoms. The van der Waals surface area contributed by atoms with Gasteiger partial charge in [-0.2, -0.15) is 0 Å². The lowest BCUT2D eigenvalue weighted by Gasteiger charge is -2.11. The number of hydrogen-bond donors (Lipinski definition) is 1. The lowest BCUT2D eigenvalue weighted by molar-refractivity contribution is 0.628. The molecule has 0 radical (unpaired) electrons. The van der Waals surface area contributed by atoms with Gasteiger partial charge in [0, 0.05) is 13.5 Å². The highest BCUT2D eigenvalue weighted by atomic mass is 127. The van der Waals surface area contributed by atoms with E-state index in [1.807, 2.05) is 7.05 Å². The first-order valence-corrected chi connectivity index (χ1v) is 6.39. The predicted molar refractivity (Wildman–Crippen MR) is 72.2 cm³/mol. The van der Waals surface area contributed by atoms with E-state index >= 15 is 0 Å². The summed E-state index contributed by atoms with van der Waals surface area (Å²) in [7, 11) is 1.91. The topological polar surface area (TPSA) is 37.8 Å². The molecule has 1 rings (SSSR count). The van der Waals surface area contributed by atoms with Crippen molar-refractivity contribution in [2.24, 2.45) is 5.92 Å². The quantitative estimate of drug-likeness (QED) is 0.867. The van der Waals surface area contributed by atoms with Crippen LogP contribution in [0.1, 0.15) is 32.3 Å². The molecule has 1 N–H and O–H groups in total. The number of nitrogens with one attached hydrogen (secondary N) is 1. The van der Waals surface area contributed by atoms with Crippen LogP contribution in [0.3, 0.4) is 0 Å². The molecule has 1 aromatic heterocycles. The second-order valence-corrected chi connectivity index (χ2v) is 5.03. The van der Waals surface area contributed by atoms with Gasteiger partial charge in [-0.05, 0) is 34.9 Å². The number of anilines is 1. The Morgan fingerprint density at radius 1 is 1.33 bits per heavy atom. The Morgan fingerprint density at radius 2 is 2.00 bits per heavy atom. The summed E-state index contributed by atoms with van der Waals surface area (Å²) in [6.45, 7) is 6.51. The van der Waals surface area contributed by atoms with Crippen LogP contribution in [-0.2, 0) is 12.8 Å². The molecule has 0 spiro atoms. The Morgan fingerprint density at radius 3 is 2.47 bits per heavy atom. The van der Waals surface area contributed by atoms with Crippen molar-refractivity contribution in [3.63, 3.8) is 0 Å². The molecule has 0 atom stereocenters. The van der Waals surface area contributed by atoms with Crippen molar-refractivity contribution in [2.75, 3.05) is 12.4 Å². The van der Waals surface area contributed by atoms with Gasteiger partial charge in [0.2, 0.25) is 0 Å². The molecular weight excluding hydrogens is 301 g/mol. The van der Waals surface area contributed by atoms with Crippen LogP contribution in [0.5, 0.6) is 0 Å². The van der Waals surface area contributed by atoms with Gasteiger partial charge in [-0.1, -0.05) is 20.8 Å². The largest absolute Gasteiger partial charge is 0.372 e. The smallest absolute Gasteiger partial charge is 0.143 e. The van der Waals surface area contributed by atoms with Crippen LogP contribution in [0.4, 0.5) is 5.82 Å². The standard InChI is InChI=1S/C11H18IN3/c1-5-9-14-8(6-7(2)3)10(12)11(13-4)15-9/h7H,5-6H2,1-4H3,(H,13,14,15). The van der Waals surface area contributed by atoms with Crippen molar-refractivity contribution < 1.29 is 0 Å². The zero-order valence-corrected chi connectivity index (χ0v) is 11.9. The SMILES string of the molecule is CCc1nc(CC(C)C)c(I)c(NC)n1. The van der Waals surface area contributed by atoms with Crippen LogP contribution in [0.25, 0.3) is 0 Å². The minimum atomic E-state index is 0.628. The summed E-state index contributed by atoms with van der Waals surface area (Å²) in [6, 6.07) is 0. The van der Waals surface area contributed by atoms with E-state index in [-0.39, 0.29) is 0 Å². The first kappa shape index (κ1) is 12.7. The lowest BCUT2D eigenvalue weighted by Crippen LogP contribution is -2.09. The number of hydrogen-bond acceptors (Lipinski definition) is 3. The van der Waals surface area contributed by atoms with E-state index in [1.54, 1.807) is 0 Å². The number of aryl methyl sites for hydroxylation is 1. The molecule has 1 heterocycles. The van der Waals surface area contributed by atoms with Crippen LogP contribution in [0.2, 0.25) is 0 Å². The summed E-state index contributed by atoms with van der Waals surface area (Å²) in [5.41, 5.74) is 1.17. The minimum Gasteiger partial charge on any atom is -0.372 e. The number of nitrogens with zero attached hydrogens (tertiary/aromatic N) is 2. The molecule has 84 valence electrons. The van der Waals surface area contributed by atoms with Crippen molar-refractivity contribution in [3.8, 4) is 0 Å². The molecule has 0 amide bonds. The Labute approximate surface area is 105 Å². The zero-order chi connectivity index (χ0) is 11.4. The zero-order valence-electron chi connectivity index (χ0n) is 9.76. The van der Waals surface area contributed by atoms with Crippen LogP contribution >= 0.6 is 22.6 Å². The maximum absolute atomic E-state index is 4.58. The van der Waals surface area contributed by atoms with E-state index in [4.69, 9.17) is 0 Å². The van der Waals surface area contributed by atoms with Gasteiger partial charge in [0.1, 0.15) is 11.6 Å². The summed E-state index contributed by atoms with van der Waals surface area (Å²) in [5.74, 6) is 2.51. The molecule has 0 aliphatic carbocycles. The number of rotatable bonds is 4. The molecule has 0 saturated carbocycles. The fourth-order valence-electron chi connectivity index (χ4n) is 1.39. The van der Waals surface area contributed by atoms with Crippen molar-refractivity contribution in [3.05, 3.63) is 15.1 Å². The second-order valence-electron chi connectivity index (χ2n) is 3.95. The monoisotopic (exact) mass is 319 g/mol. The Bertz CT molecular complexity index is 337. The van der Waals surface area contributed by atoms with Gasteiger partial charge in [-0.25, -0.2) is 9.97 Å². The third kappa shape index (κ3) is 3.29. The summed E-state index contributed by atoms with van der Waals surface area (Å²) in [6.07, 6.45) is 1.90. The molecule has 4 heteroatoms. The predicted octanol–water partition coefficient (Wildman–Crippen LogP) is 2.88. The van der Waals surface area contributed by atoms with Crippen LogP contribution < -0.4 is 5.32 Å². The molecule has 0 aromatic carbocycles. The van der Waals surface area contributed by atoms with Gasteiger partial charge in [-0.3, -0.25) is 0 Å². The van der Waals surface area contributed by atoms with Crippen molar-refractivity contribution >= 4 is 28.4 Å². The van der Waals surface area contributed by atoms with Gasteiger partial charge in [0.25, 0.3) is 0 Å². The maximum atomic E-state index is 4.58. The molecule has 0 aliphatic rings. The Balaban J connectivity index is 3.12. The third-order valence-electron chi connectivity index (χ3n) is 2.12. The average Bonchev–Trinajstić information content (AvgIpc) is 2.20. The average molecular weight is 319 g/mol. The van der Waals surface area contributed by atoms with E-state index < -0.39 is 0 Å². The molecular formula is C11H18IN3. The van der Waals surface area contributed by atoms with Crippen LogP contribution in [0.15, 0.2) is 0 Å². The maximum Gasteiger partial charge on any atom is 0.143 e. The molecule has 0 saturated heterocycles. The third-order valence-corrected chi connectivity index (χ3v) is 3.25. The van der Waals surface area contributed by atoms with Crippen molar-refractivity contribution in [2.45, 2.75) is 33.6 Å². The Hall–Kier alpha value is -0.390. The summed E-state index contributed by atoms with van der Waals surface area (Å²) >= 11 is 2.32. The molecule has 3 nitrogen and oxygen atoms in total. The minimum absolute atomic E-state index is 0.628. The highest BCUT2D eigenvalue weighted by Crippen LogP contribution is 2.21. The van der Waals surface area contributed by atoms with Gasteiger partial charge in [0.05, 0.1) is 9.26 Å². The van der Waals surface area contributed by atoms with E-state index in [2.05, 4.69) is 58.6 Å². The molecule has 0 aliphatic heterocycles. The summed E-state index contributed by atoms with van der Waals surface area (Å²) < 4.78 is 1.15. The fraction of sp³-hybridized carbons (Fsp3) is 0.636. The normalized spacial score (nSPS) is 10.8. The van der Waals surface area contributed by atoms with E-state index in [0.29, 0.717) is 5.92 Å². The number of halogens is 1. The van der Waals surface area contributed by atoms with Crippen LogP contribution in [-0.4, -0.2) is 17.0 Å². The highest BCUT2D eigenvalue weighted by Gasteiger charge is 2.11. The molecule has 1 aromatic rings. The van der Waals surface area contributed by atoms with Crippen molar-refractivity contribution in [1.29, 1.82) is 0 Å². The van der Waals surface area contributed by atoms with Gasteiger partial charge < -0.3 is 5.32 Å². The van der Waals surface area contributed by atoms with Gasteiger partial charge in [-0.15, -0.1) is 0 Å². The van der Waals surface area contributed by atoms with Gasteiger partial charge >= 0.3 is 0 Å². The molecule has 15 heavy (non-hydrogen) atoms. The Kier molecular flexibility index (Phi) is 4.76. The van der Waals surface area contributed by atoms with E-state index in [1.165, 1.54) is 5.69 Å². The summed E-state index contributed by atoms with van der Waals surface area (Å²) in [4.78, 5) is 9.03. The molecule has 0 fully saturated rings. The second kappa shape index (κ2) is 5.63. The lowest BCUT2D eigenvalue weighted by atomic mass is 10.1. The van der Waals surface area contributed by atoms with Crippen molar-refractivity contribution in [1.82, 2.24) is 9.97 Å². The first-order valence-electron chi connectivity index (χ1n) is 5.31. The summed E-state index contributed by atoms with van der Waals surface area (Å²) in [5, 5.41) is 3.12. The van der Waals surface area contributed by atoms with Gasteiger partial charge in [0.15, 0.2) is 0 Å². The fourth-order valence-corrected chi connectivity index (χ4v) is 2.12. The van der Waals surface area contributed by atoms with E-state index in [9.17, 15) is 0 Å². The molecule has 0 unspecified atom stereocenters. The van der Waals surface area contributed by atoms with E-state index in [0.717, 1.165) is 28.1 Å². The highest BCUT2D eigenvalue weighted by molar-refractivity contribution is 14.1. The first-order chi connectivity index (χ1) is 7.08.